The van der Waals surface area contributed by atoms with Crippen LogP contribution in [0.25, 0.3) is 11.4 Å². The number of hydrogen-bond donors (Lipinski definition) is 0. The molecule has 0 saturated carbocycles. The number of aromatic nitrogens is 4. The third-order valence-corrected chi connectivity index (χ3v) is 5.98. The van der Waals surface area contributed by atoms with Crippen LogP contribution in [0.1, 0.15) is 23.1 Å². The molecule has 1 aromatic carbocycles. The molecule has 0 atom stereocenters. The Bertz CT molecular complexity index is 1090. The van der Waals surface area contributed by atoms with Gasteiger partial charge in [0, 0.05) is 37.9 Å². The highest BCUT2D eigenvalue weighted by Gasteiger charge is 2.21. The van der Waals surface area contributed by atoms with E-state index in [1.165, 1.54) is 0 Å². The van der Waals surface area contributed by atoms with E-state index < -0.39 is 0 Å². The summed E-state index contributed by atoms with van der Waals surface area (Å²) in [4.78, 5) is 25.4. The van der Waals surface area contributed by atoms with Gasteiger partial charge in [-0.2, -0.15) is 5.10 Å². The Morgan fingerprint density at radius 1 is 1.09 bits per heavy atom. The van der Waals surface area contributed by atoms with Crippen LogP contribution >= 0.6 is 23.2 Å². The van der Waals surface area contributed by atoms with E-state index in [2.05, 4.69) is 24.9 Å². The largest absolute Gasteiger partial charge is 0.462 e. The van der Waals surface area contributed by atoms with Gasteiger partial charge >= 0.3 is 5.97 Å². The SMILES string of the molecule is CCOC(=O)c1ccc(N2CCN(Cn3nc(C)nc3-c3ccc(Cl)c(Cl)c3)CC2)nc1. The first-order chi connectivity index (χ1) is 15.4. The van der Waals surface area contributed by atoms with Gasteiger partial charge in [0.05, 0.1) is 28.9 Å². The molecule has 0 N–H and O–H groups in total. The van der Waals surface area contributed by atoms with Crippen molar-refractivity contribution in [1.82, 2.24) is 24.6 Å². The van der Waals surface area contributed by atoms with Crippen LogP contribution in [-0.4, -0.2) is 63.4 Å². The molecule has 32 heavy (non-hydrogen) atoms. The van der Waals surface area contributed by atoms with Crippen molar-refractivity contribution >= 4 is 35.0 Å². The number of benzene rings is 1. The van der Waals surface area contributed by atoms with Gasteiger partial charge in [-0.05, 0) is 44.2 Å². The van der Waals surface area contributed by atoms with Crippen molar-refractivity contribution in [2.75, 3.05) is 37.7 Å². The van der Waals surface area contributed by atoms with Crippen LogP contribution in [0.15, 0.2) is 36.5 Å². The van der Waals surface area contributed by atoms with Crippen molar-refractivity contribution < 1.29 is 9.53 Å². The molecule has 0 bridgehead atoms. The van der Waals surface area contributed by atoms with Gasteiger partial charge in [-0.25, -0.2) is 19.4 Å². The summed E-state index contributed by atoms with van der Waals surface area (Å²) in [5.41, 5.74) is 1.34. The average Bonchev–Trinajstić information content (AvgIpc) is 3.16. The van der Waals surface area contributed by atoms with E-state index in [0.717, 1.165) is 43.4 Å². The molecule has 1 aliphatic heterocycles. The van der Waals surface area contributed by atoms with E-state index in [-0.39, 0.29) is 5.97 Å². The van der Waals surface area contributed by atoms with Crippen LogP contribution < -0.4 is 4.90 Å². The van der Waals surface area contributed by atoms with E-state index in [9.17, 15) is 4.79 Å². The van der Waals surface area contributed by atoms with Crippen molar-refractivity contribution in [3.05, 3.63) is 58.0 Å². The zero-order valence-corrected chi connectivity index (χ0v) is 19.5. The minimum Gasteiger partial charge on any atom is -0.462 e. The monoisotopic (exact) mass is 474 g/mol. The molecule has 0 amide bonds. The Labute approximate surface area is 196 Å². The van der Waals surface area contributed by atoms with Gasteiger partial charge in [0.15, 0.2) is 5.82 Å². The minimum absolute atomic E-state index is 0.348. The van der Waals surface area contributed by atoms with Gasteiger partial charge in [0.1, 0.15) is 11.6 Å². The fraction of sp³-hybridized carbons (Fsp3) is 0.364. The second kappa shape index (κ2) is 9.85. The summed E-state index contributed by atoms with van der Waals surface area (Å²) in [6, 6.07) is 9.11. The number of pyridine rings is 1. The molecule has 1 saturated heterocycles. The van der Waals surface area contributed by atoms with Crippen LogP contribution in [-0.2, 0) is 11.4 Å². The number of ether oxygens (including phenoxy) is 1. The Morgan fingerprint density at radius 2 is 1.88 bits per heavy atom. The highest BCUT2D eigenvalue weighted by molar-refractivity contribution is 6.42. The first-order valence-corrected chi connectivity index (χ1v) is 11.2. The van der Waals surface area contributed by atoms with Crippen molar-refractivity contribution in [3.63, 3.8) is 0 Å². The third-order valence-electron chi connectivity index (χ3n) is 5.24. The Hall–Kier alpha value is -2.68. The lowest BCUT2D eigenvalue weighted by atomic mass is 10.2. The third kappa shape index (κ3) is 5.03. The molecular weight excluding hydrogens is 451 g/mol. The standard InChI is InChI=1S/C22H24Cl2N6O2/c1-3-32-22(31)17-5-7-20(25-13-17)29-10-8-28(9-11-29)14-30-21(26-15(2)27-30)16-4-6-18(23)19(24)12-16/h4-7,12-13H,3,8-11,14H2,1-2H3. The molecule has 2 aromatic heterocycles. The molecule has 0 spiro atoms. The van der Waals surface area contributed by atoms with Crippen molar-refractivity contribution in [2.45, 2.75) is 20.5 Å². The topological polar surface area (TPSA) is 76.4 Å². The van der Waals surface area contributed by atoms with Gasteiger partial charge in [-0.1, -0.05) is 23.2 Å². The van der Waals surface area contributed by atoms with Gasteiger partial charge in [0.25, 0.3) is 0 Å². The summed E-state index contributed by atoms with van der Waals surface area (Å²) in [5.74, 6) is 1.97. The molecule has 10 heteroatoms. The van der Waals surface area contributed by atoms with Crippen LogP contribution in [0.3, 0.4) is 0 Å². The molecular formula is C22H24Cl2N6O2. The lowest BCUT2D eigenvalue weighted by Crippen LogP contribution is -2.47. The van der Waals surface area contributed by atoms with Gasteiger partial charge in [0.2, 0.25) is 0 Å². The number of esters is 1. The molecule has 4 rings (SSSR count). The molecule has 0 unspecified atom stereocenters. The Kier molecular flexibility index (Phi) is 6.93. The maximum Gasteiger partial charge on any atom is 0.339 e. The number of rotatable bonds is 6. The van der Waals surface area contributed by atoms with E-state index in [0.29, 0.717) is 34.7 Å². The number of piperazine rings is 1. The second-order valence-corrected chi connectivity index (χ2v) is 8.30. The Balaban J connectivity index is 1.39. The number of carbonyl (C=O) groups excluding carboxylic acids is 1. The number of anilines is 1. The number of aryl methyl sites for hydroxylation is 1. The van der Waals surface area contributed by atoms with E-state index in [1.807, 2.05) is 29.8 Å². The number of nitrogens with zero attached hydrogens (tertiary/aromatic N) is 6. The van der Waals surface area contributed by atoms with Crippen LogP contribution in [0.4, 0.5) is 5.82 Å². The maximum absolute atomic E-state index is 11.8. The van der Waals surface area contributed by atoms with E-state index in [4.69, 9.17) is 27.9 Å². The number of halogens is 2. The lowest BCUT2D eigenvalue weighted by molar-refractivity contribution is 0.0526. The molecule has 1 aliphatic rings. The highest BCUT2D eigenvalue weighted by atomic mass is 35.5. The molecule has 0 radical (unpaired) electrons. The van der Waals surface area contributed by atoms with Crippen molar-refractivity contribution in [2.24, 2.45) is 0 Å². The van der Waals surface area contributed by atoms with Gasteiger partial charge in [-0.15, -0.1) is 0 Å². The van der Waals surface area contributed by atoms with Crippen molar-refractivity contribution in [1.29, 1.82) is 0 Å². The first-order valence-electron chi connectivity index (χ1n) is 10.4. The molecule has 8 nitrogen and oxygen atoms in total. The quantitative estimate of drug-likeness (QED) is 0.501. The fourth-order valence-electron chi connectivity index (χ4n) is 3.62. The van der Waals surface area contributed by atoms with Crippen LogP contribution in [0.5, 0.6) is 0 Å². The molecule has 3 aromatic rings. The summed E-state index contributed by atoms with van der Waals surface area (Å²) < 4.78 is 6.91. The molecule has 168 valence electrons. The van der Waals surface area contributed by atoms with Gasteiger partial charge < -0.3 is 9.64 Å². The maximum atomic E-state index is 11.8. The molecule has 0 aliphatic carbocycles. The normalized spacial score (nSPS) is 14.6. The zero-order chi connectivity index (χ0) is 22.7. The molecule has 1 fully saturated rings. The van der Waals surface area contributed by atoms with E-state index in [1.54, 1.807) is 25.3 Å². The predicted octanol–water partition coefficient (Wildman–Crippen LogP) is 3.91. The minimum atomic E-state index is -0.350. The van der Waals surface area contributed by atoms with E-state index >= 15 is 0 Å². The Morgan fingerprint density at radius 3 is 2.53 bits per heavy atom. The van der Waals surface area contributed by atoms with Crippen molar-refractivity contribution in [3.8, 4) is 11.4 Å². The predicted molar refractivity (Wildman–Crippen MR) is 124 cm³/mol. The van der Waals surface area contributed by atoms with Gasteiger partial charge in [-0.3, -0.25) is 4.90 Å². The summed E-state index contributed by atoms with van der Waals surface area (Å²) in [6.45, 7) is 7.97. The second-order valence-electron chi connectivity index (χ2n) is 7.48. The number of hydrogen-bond acceptors (Lipinski definition) is 7. The first kappa shape index (κ1) is 22.5. The smallest absolute Gasteiger partial charge is 0.339 e. The summed E-state index contributed by atoms with van der Waals surface area (Å²) in [5, 5.41) is 5.57. The summed E-state index contributed by atoms with van der Waals surface area (Å²) >= 11 is 12.3. The zero-order valence-electron chi connectivity index (χ0n) is 18.0. The lowest BCUT2D eigenvalue weighted by Gasteiger charge is -2.35. The summed E-state index contributed by atoms with van der Waals surface area (Å²) in [6.07, 6.45) is 1.57. The van der Waals surface area contributed by atoms with Crippen LogP contribution in [0.2, 0.25) is 10.0 Å². The van der Waals surface area contributed by atoms with Crippen LogP contribution in [0, 0.1) is 6.92 Å². The molecule has 3 heterocycles. The summed E-state index contributed by atoms with van der Waals surface area (Å²) in [7, 11) is 0. The average molecular weight is 475 g/mol. The highest BCUT2D eigenvalue weighted by Crippen LogP contribution is 2.28. The number of carbonyl (C=O) groups is 1. The fourth-order valence-corrected chi connectivity index (χ4v) is 3.92.